The molecule has 1 aromatic carbocycles. The zero-order valence-electron chi connectivity index (χ0n) is 15.4. The minimum absolute atomic E-state index is 0.0218. The quantitative estimate of drug-likeness (QED) is 0.624. The van der Waals surface area contributed by atoms with Gasteiger partial charge in [-0.3, -0.25) is 4.98 Å². The Hall–Kier alpha value is -2.41. The predicted octanol–water partition coefficient (Wildman–Crippen LogP) is 3.80. The van der Waals surface area contributed by atoms with Crippen molar-refractivity contribution in [2.24, 2.45) is 0 Å². The lowest BCUT2D eigenvalue weighted by molar-refractivity contribution is 0.220. The number of aromatic nitrogens is 2. The van der Waals surface area contributed by atoms with E-state index in [1.54, 1.807) is 6.20 Å². The van der Waals surface area contributed by atoms with E-state index in [-0.39, 0.29) is 18.7 Å². The highest BCUT2D eigenvalue weighted by molar-refractivity contribution is 7.80. The van der Waals surface area contributed by atoms with Gasteiger partial charge in [-0.25, -0.2) is 0 Å². The normalized spacial score (nSPS) is 19.1. The van der Waals surface area contributed by atoms with E-state index in [4.69, 9.17) is 23.8 Å². The summed E-state index contributed by atoms with van der Waals surface area (Å²) in [4.78, 5) is 6.57. The molecule has 0 amide bonds. The number of benzene rings is 1. The van der Waals surface area contributed by atoms with Crippen molar-refractivity contribution in [2.45, 2.75) is 19.0 Å². The third-order valence-corrected chi connectivity index (χ3v) is 5.82. The van der Waals surface area contributed by atoms with Crippen LogP contribution in [0.4, 0.5) is 0 Å². The summed E-state index contributed by atoms with van der Waals surface area (Å²) in [5.74, 6) is 0. The van der Waals surface area contributed by atoms with Crippen molar-refractivity contribution in [3.8, 4) is 5.69 Å². The summed E-state index contributed by atoms with van der Waals surface area (Å²) >= 11 is 11.8. The number of aryl methyl sites for hydroxylation is 1. The molecule has 144 valence electrons. The SMILES string of the molecule is Cc1cc(-n2cccc2C2C(c3ccccn3)NC(=S)N2CCO)ccc1Cl. The zero-order valence-corrected chi connectivity index (χ0v) is 17.0. The first-order valence-corrected chi connectivity index (χ1v) is 9.91. The molecule has 7 heteroatoms. The Morgan fingerprint density at radius 3 is 2.79 bits per heavy atom. The molecular weight excluding hydrogens is 392 g/mol. The fraction of sp³-hybridized carbons (Fsp3) is 0.238. The van der Waals surface area contributed by atoms with Crippen molar-refractivity contribution >= 4 is 28.9 Å². The van der Waals surface area contributed by atoms with Crippen LogP contribution in [-0.2, 0) is 0 Å². The average Bonchev–Trinajstić information content (AvgIpc) is 3.30. The van der Waals surface area contributed by atoms with Crippen LogP contribution in [0.1, 0.15) is 29.0 Å². The number of nitrogens with one attached hydrogen (secondary N) is 1. The molecule has 1 fully saturated rings. The molecule has 0 bridgehead atoms. The first kappa shape index (κ1) is 18.9. The molecule has 2 atom stereocenters. The van der Waals surface area contributed by atoms with Gasteiger partial charge >= 0.3 is 0 Å². The van der Waals surface area contributed by atoms with Crippen LogP contribution < -0.4 is 5.32 Å². The van der Waals surface area contributed by atoms with Crippen LogP contribution in [0, 0.1) is 6.92 Å². The number of hydrogen-bond donors (Lipinski definition) is 2. The molecule has 4 rings (SSSR count). The second-order valence-corrected chi connectivity index (χ2v) is 7.57. The molecule has 1 aliphatic heterocycles. The summed E-state index contributed by atoms with van der Waals surface area (Å²) in [7, 11) is 0. The molecule has 5 nitrogen and oxygen atoms in total. The molecule has 0 saturated carbocycles. The van der Waals surface area contributed by atoms with E-state index in [9.17, 15) is 5.11 Å². The number of hydrogen-bond acceptors (Lipinski definition) is 3. The van der Waals surface area contributed by atoms with E-state index in [0.717, 1.165) is 27.7 Å². The fourth-order valence-electron chi connectivity index (χ4n) is 3.72. The van der Waals surface area contributed by atoms with Gasteiger partial charge in [0.25, 0.3) is 0 Å². The summed E-state index contributed by atoms with van der Waals surface area (Å²) in [6.45, 7) is 2.47. The molecule has 28 heavy (non-hydrogen) atoms. The highest BCUT2D eigenvalue weighted by Gasteiger charge is 2.40. The van der Waals surface area contributed by atoms with Crippen LogP contribution in [0.15, 0.2) is 60.9 Å². The highest BCUT2D eigenvalue weighted by Crippen LogP contribution is 2.39. The number of rotatable bonds is 5. The topological polar surface area (TPSA) is 53.3 Å². The number of pyridine rings is 1. The maximum Gasteiger partial charge on any atom is 0.170 e. The first-order valence-electron chi connectivity index (χ1n) is 9.13. The van der Waals surface area contributed by atoms with E-state index < -0.39 is 0 Å². The van der Waals surface area contributed by atoms with Crippen LogP contribution >= 0.6 is 23.8 Å². The predicted molar refractivity (Wildman–Crippen MR) is 115 cm³/mol. The Kier molecular flexibility index (Phi) is 5.35. The van der Waals surface area contributed by atoms with Crippen molar-refractivity contribution < 1.29 is 5.11 Å². The third-order valence-electron chi connectivity index (χ3n) is 5.04. The number of nitrogens with zero attached hydrogens (tertiary/aromatic N) is 3. The first-order chi connectivity index (χ1) is 13.6. The Labute approximate surface area is 174 Å². The molecule has 2 unspecified atom stereocenters. The summed E-state index contributed by atoms with van der Waals surface area (Å²) in [5, 5.41) is 14.4. The largest absolute Gasteiger partial charge is 0.395 e. The molecule has 2 N–H and O–H groups in total. The Balaban J connectivity index is 1.81. The van der Waals surface area contributed by atoms with Crippen molar-refractivity contribution in [3.63, 3.8) is 0 Å². The Bertz CT molecular complexity index is 991. The van der Waals surface area contributed by atoms with E-state index >= 15 is 0 Å². The monoisotopic (exact) mass is 412 g/mol. The smallest absolute Gasteiger partial charge is 0.170 e. The van der Waals surface area contributed by atoms with Crippen molar-refractivity contribution in [2.75, 3.05) is 13.2 Å². The summed E-state index contributed by atoms with van der Waals surface area (Å²) in [5.41, 5.74) is 4.03. The van der Waals surface area contributed by atoms with Crippen LogP contribution in [0.5, 0.6) is 0 Å². The maximum atomic E-state index is 9.60. The standard InChI is InChI=1S/C21H21ClN4OS/c1-14-13-15(7-8-16(14)22)25-10-4-6-18(25)20-19(17-5-2-3-9-23-17)24-21(28)26(20)11-12-27/h2-10,13,19-20,27H,11-12H2,1H3,(H,24,28). The van der Waals surface area contributed by atoms with Gasteiger partial charge in [0.15, 0.2) is 5.11 Å². The molecule has 1 saturated heterocycles. The maximum absolute atomic E-state index is 9.60. The van der Waals surface area contributed by atoms with Crippen molar-refractivity contribution in [3.05, 3.63) is 82.9 Å². The number of halogens is 1. The van der Waals surface area contributed by atoms with Gasteiger partial charge in [-0.05, 0) is 67.2 Å². The summed E-state index contributed by atoms with van der Waals surface area (Å²) in [6, 6.07) is 15.8. The van der Waals surface area contributed by atoms with E-state index in [1.165, 1.54) is 0 Å². The van der Waals surface area contributed by atoms with Gasteiger partial charge in [0.1, 0.15) is 0 Å². The lowest BCUT2D eigenvalue weighted by atomic mass is 10.0. The van der Waals surface area contributed by atoms with E-state index in [1.807, 2.05) is 54.4 Å². The molecule has 0 aliphatic carbocycles. The minimum atomic E-state index is -0.109. The average molecular weight is 413 g/mol. The van der Waals surface area contributed by atoms with Gasteiger partial charge in [0.05, 0.1) is 24.4 Å². The van der Waals surface area contributed by atoms with Crippen LogP contribution in [0.25, 0.3) is 5.69 Å². The van der Waals surface area contributed by atoms with Gasteiger partial charge in [0, 0.05) is 35.3 Å². The number of β-amino-alcohol motifs (C(OH)–C–C–N with tert-alkyl or cyclic N) is 1. The molecule has 1 aliphatic rings. The number of aliphatic hydroxyl groups excluding tert-OH is 1. The molecule has 3 heterocycles. The number of thiocarbonyl (C=S) groups is 1. The fourth-order valence-corrected chi connectivity index (χ4v) is 4.17. The second kappa shape index (κ2) is 7.91. The molecule has 0 spiro atoms. The minimum Gasteiger partial charge on any atom is -0.395 e. The van der Waals surface area contributed by atoms with Gasteiger partial charge < -0.3 is 19.9 Å². The lowest BCUT2D eigenvalue weighted by Crippen LogP contribution is -2.32. The van der Waals surface area contributed by atoms with Crippen LogP contribution in [-0.4, -0.2) is 37.8 Å². The summed E-state index contributed by atoms with van der Waals surface area (Å²) < 4.78 is 2.14. The molecular formula is C21H21ClN4OS. The van der Waals surface area contributed by atoms with Crippen molar-refractivity contribution in [1.29, 1.82) is 0 Å². The van der Waals surface area contributed by atoms with E-state index in [0.29, 0.717) is 11.7 Å². The van der Waals surface area contributed by atoms with Gasteiger partial charge in [-0.1, -0.05) is 17.7 Å². The van der Waals surface area contributed by atoms with Gasteiger partial charge in [-0.15, -0.1) is 0 Å². The van der Waals surface area contributed by atoms with Crippen LogP contribution in [0.2, 0.25) is 5.02 Å². The lowest BCUT2D eigenvalue weighted by Gasteiger charge is -2.28. The Morgan fingerprint density at radius 1 is 1.21 bits per heavy atom. The zero-order chi connectivity index (χ0) is 19.7. The van der Waals surface area contributed by atoms with Crippen LogP contribution in [0.3, 0.4) is 0 Å². The van der Waals surface area contributed by atoms with Crippen molar-refractivity contribution in [1.82, 2.24) is 19.8 Å². The van der Waals surface area contributed by atoms with E-state index in [2.05, 4.69) is 27.0 Å². The third kappa shape index (κ3) is 3.39. The molecule has 2 aromatic heterocycles. The summed E-state index contributed by atoms with van der Waals surface area (Å²) in [6.07, 6.45) is 3.82. The second-order valence-electron chi connectivity index (χ2n) is 6.78. The molecule has 3 aromatic rings. The van der Waals surface area contributed by atoms with Gasteiger partial charge in [0.2, 0.25) is 0 Å². The highest BCUT2D eigenvalue weighted by atomic mass is 35.5. The molecule has 0 radical (unpaired) electrons. The number of aliphatic hydroxyl groups is 1. The van der Waals surface area contributed by atoms with Gasteiger partial charge in [-0.2, -0.15) is 0 Å². The Morgan fingerprint density at radius 2 is 2.07 bits per heavy atom.